The molecule has 1 fully saturated rings. The summed E-state index contributed by atoms with van der Waals surface area (Å²) in [5, 5.41) is 2.78. The molecule has 0 spiro atoms. The summed E-state index contributed by atoms with van der Waals surface area (Å²) in [6, 6.07) is 6.52. The topological polar surface area (TPSA) is 83.6 Å². The minimum atomic E-state index is -0.325. The lowest BCUT2D eigenvalue weighted by atomic mass is 9.85. The lowest BCUT2D eigenvalue weighted by Crippen LogP contribution is -2.36. The molecule has 2 aliphatic rings. The number of nitrogens with one attached hydrogen (secondary N) is 1. The summed E-state index contributed by atoms with van der Waals surface area (Å²) in [5.41, 5.74) is 1.02. The van der Waals surface area contributed by atoms with Gasteiger partial charge >= 0.3 is 0 Å². The highest BCUT2D eigenvalue weighted by Gasteiger charge is 2.47. The quantitative estimate of drug-likeness (QED) is 0.475. The Labute approximate surface area is 158 Å². The number of anilines is 1. The van der Waals surface area contributed by atoms with Gasteiger partial charge in [-0.15, -0.1) is 0 Å². The van der Waals surface area contributed by atoms with E-state index in [1.165, 1.54) is 0 Å². The van der Waals surface area contributed by atoms with Gasteiger partial charge in [0.1, 0.15) is 0 Å². The zero-order chi connectivity index (χ0) is 19.6. The number of benzene rings is 1. The first-order chi connectivity index (χ1) is 12.9. The Morgan fingerprint density at radius 1 is 1.04 bits per heavy atom. The maximum Gasteiger partial charge on any atom is 0.233 e. The van der Waals surface area contributed by atoms with Gasteiger partial charge in [0.2, 0.25) is 17.7 Å². The van der Waals surface area contributed by atoms with Gasteiger partial charge in [-0.3, -0.25) is 24.1 Å². The minimum absolute atomic E-state index is 0.0754. The second-order valence-corrected chi connectivity index (χ2v) is 7.57. The summed E-state index contributed by atoms with van der Waals surface area (Å²) in [6.45, 7) is 3.70. The van der Waals surface area contributed by atoms with Crippen LogP contribution in [-0.2, 0) is 14.4 Å². The smallest absolute Gasteiger partial charge is 0.233 e. The molecular weight excluding hydrogens is 344 g/mol. The van der Waals surface area contributed by atoms with Crippen molar-refractivity contribution in [1.82, 2.24) is 4.90 Å². The number of hydrogen-bond acceptors (Lipinski definition) is 4. The number of amides is 3. The molecule has 6 heteroatoms. The Bertz CT molecular complexity index is 769. The van der Waals surface area contributed by atoms with Gasteiger partial charge in [-0.1, -0.05) is 26.0 Å². The number of carbonyl (C=O) groups excluding carboxylic acids is 4. The minimum Gasteiger partial charge on any atom is -0.326 e. The second kappa shape index (κ2) is 7.86. The number of allylic oxidation sites excluding steroid dienone is 2. The normalized spacial score (nSPS) is 21.5. The van der Waals surface area contributed by atoms with Crippen molar-refractivity contribution >= 4 is 29.2 Å². The number of Topliss-reactive ketones (excluding diaryl/α,β-unsaturated/α-hetero) is 1. The van der Waals surface area contributed by atoms with Gasteiger partial charge in [0.15, 0.2) is 5.78 Å². The summed E-state index contributed by atoms with van der Waals surface area (Å²) < 4.78 is 0. The van der Waals surface area contributed by atoms with Crippen molar-refractivity contribution in [3.8, 4) is 0 Å². The van der Waals surface area contributed by atoms with Crippen LogP contribution in [0.5, 0.6) is 0 Å². The molecule has 1 saturated heterocycles. The molecular formula is C21H24N2O4. The molecule has 1 aromatic carbocycles. The largest absolute Gasteiger partial charge is 0.326 e. The van der Waals surface area contributed by atoms with Crippen molar-refractivity contribution in [2.75, 3.05) is 11.9 Å². The van der Waals surface area contributed by atoms with Gasteiger partial charge in [0.25, 0.3) is 0 Å². The van der Waals surface area contributed by atoms with Crippen LogP contribution in [0.25, 0.3) is 0 Å². The van der Waals surface area contributed by atoms with Crippen LogP contribution in [0, 0.1) is 17.8 Å². The first-order valence-corrected chi connectivity index (χ1v) is 9.30. The molecule has 0 unspecified atom stereocenters. The molecule has 27 heavy (non-hydrogen) atoms. The number of ketones is 1. The maximum absolute atomic E-state index is 12.5. The molecule has 0 radical (unpaired) electrons. The molecule has 1 aliphatic heterocycles. The van der Waals surface area contributed by atoms with Crippen molar-refractivity contribution in [1.29, 1.82) is 0 Å². The number of likely N-dealkylation sites (tertiary alicyclic amines) is 1. The van der Waals surface area contributed by atoms with E-state index in [1.807, 2.05) is 26.0 Å². The predicted octanol–water partition coefficient (Wildman–Crippen LogP) is 2.81. The Hall–Kier alpha value is -2.76. The molecule has 6 nitrogen and oxygen atoms in total. The van der Waals surface area contributed by atoms with Crippen LogP contribution >= 0.6 is 0 Å². The fraction of sp³-hybridized carbons (Fsp3) is 0.429. The lowest BCUT2D eigenvalue weighted by molar-refractivity contribution is -0.139. The maximum atomic E-state index is 12.5. The first kappa shape index (κ1) is 19.0. The standard InChI is InChI=1S/C21H24N2O4/c1-13(2)11-19(25)22-15-9-7-14(8-10-15)18(24)12-23-20(26)16-5-3-4-6-17(16)21(23)27/h3-4,7-10,13,16-17H,5-6,11-12H2,1-2H3,(H,22,25)/t16-,17+. The fourth-order valence-corrected chi connectivity index (χ4v) is 3.58. The third-order valence-electron chi connectivity index (χ3n) is 4.98. The van der Waals surface area contributed by atoms with E-state index in [1.54, 1.807) is 24.3 Å². The van der Waals surface area contributed by atoms with Crippen molar-refractivity contribution in [2.45, 2.75) is 33.1 Å². The van der Waals surface area contributed by atoms with Gasteiger partial charge in [0.05, 0.1) is 18.4 Å². The average molecular weight is 368 g/mol. The Kier molecular flexibility index (Phi) is 5.54. The molecule has 3 amide bonds. The highest BCUT2D eigenvalue weighted by atomic mass is 16.2. The Morgan fingerprint density at radius 3 is 2.11 bits per heavy atom. The SMILES string of the molecule is CC(C)CC(=O)Nc1ccc(C(=O)CN2C(=O)[C@H]3CC=CC[C@H]3C2=O)cc1. The van der Waals surface area contributed by atoms with E-state index >= 15 is 0 Å². The molecule has 1 heterocycles. The molecule has 1 aromatic rings. The third-order valence-corrected chi connectivity index (χ3v) is 4.98. The molecule has 3 rings (SSSR count). The number of nitrogens with zero attached hydrogens (tertiary/aromatic N) is 1. The van der Waals surface area contributed by atoms with Crippen LogP contribution < -0.4 is 5.32 Å². The fourth-order valence-electron chi connectivity index (χ4n) is 3.58. The van der Waals surface area contributed by atoms with Crippen molar-refractivity contribution in [3.05, 3.63) is 42.0 Å². The van der Waals surface area contributed by atoms with E-state index in [2.05, 4.69) is 5.32 Å². The summed E-state index contributed by atoms with van der Waals surface area (Å²) in [7, 11) is 0. The van der Waals surface area contributed by atoms with Crippen LogP contribution in [0.3, 0.4) is 0 Å². The monoisotopic (exact) mass is 368 g/mol. The molecule has 0 bridgehead atoms. The molecule has 142 valence electrons. The summed E-state index contributed by atoms with van der Waals surface area (Å²) in [5.74, 6) is -1.25. The molecule has 1 aliphatic carbocycles. The zero-order valence-electron chi connectivity index (χ0n) is 15.6. The van der Waals surface area contributed by atoms with E-state index in [0.717, 1.165) is 4.90 Å². The zero-order valence-corrected chi connectivity index (χ0v) is 15.6. The van der Waals surface area contributed by atoms with E-state index in [9.17, 15) is 19.2 Å². The van der Waals surface area contributed by atoms with Gasteiger partial charge < -0.3 is 5.32 Å². The van der Waals surface area contributed by atoms with Crippen LogP contribution in [0.2, 0.25) is 0 Å². The molecule has 2 atom stereocenters. The molecule has 0 aromatic heterocycles. The van der Waals surface area contributed by atoms with Gasteiger partial charge in [-0.2, -0.15) is 0 Å². The van der Waals surface area contributed by atoms with E-state index in [4.69, 9.17) is 0 Å². The van der Waals surface area contributed by atoms with Crippen LogP contribution in [0.15, 0.2) is 36.4 Å². The third kappa shape index (κ3) is 4.15. The van der Waals surface area contributed by atoms with E-state index < -0.39 is 0 Å². The second-order valence-electron chi connectivity index (χ2n) is 7.57. The summed E-state index contributed by atoms with van der Waals surface area (Å²) >= 11 is 0. The van der Waals surface area contributed by atoms with E-state index in [-0.39, 0.29) is 47.8 Å². The van der Waals surface area contributed by atoms with Crippen LogP contribution in [-0.4, -0.2) is 34.9 Å². The van der Waals surface area contributed by atoms with Crippen molar-refractivity contribution in [2.24, 2.45) is 17.8 Å². The van der Waals surface area contributed by atoms with Gasteiger partial charge in [0, 0.05) is 17.7 Å². The number of hydrogen-bond donors (Lipinski definition) is 1. The Morgan fingerprint density at radius 2 is 1.59 bits per heavy atom. The number of rotatable bonds is 6. The lowest BCUT2D eigenvalue weighted by Gasteiger charge is -2.14. The first-order valence-electron chi connectivity index (χ1n) is 9.30. The molecule has 0 saturated carbocycles. The van der Waals surface area contributed by atoms with Crippen molar-refractivity contribution < 1.29 is 19.2 Å². The number of carbonyl (C=O) groups is 4. The number of fused-ring (bicyclic) bond motifs is 1. The summed E-state index contributed by atoms with van der Waals surface area (Å²) in [6.07, 6.45) is 5.39. The number of imide groups is 1. The Balaban J connectivity index is 1.62. The summed E-state index contributed by atoms with van der Waals surface area (Å²) in [4.78, 5) is 50.3. The highest BCUT2D eigenvalue weighted by Crippen LogP contribution is 2.35. The van der Waals surface area contributed by atoms with Gasteiger partial charge in [-0.25, -0.2) is 0 Å². The van der Waals surface area contributed by atoms with Gasteiger partial charge in [-0.05, 0) is 43.0 Å². The van der Waals surface area contributed by atoms with Crippen molar-refractivity contribution in [3.63, 3.8) is 0 Å². The average Bonchev–Trinajstić information content (AvgIpc) is 2.87. The van der Waals surface area contributed by atoms with Crippen LogP contribution in [0.1, 0.15) is 43.5 Å². The highest BCUT2D eigenvalue weighted by molar-refractivity contribution is 6.10. The molecule has 1 N–H and O–H groups in total. The van der Waals surface area contributed by atoms with Crippen LogP contribution in [0.4, 0.5) is 5.69 Å². The van der Waals surface area contributed by atoms with E-state index in [0.29, 0.717) is 30.5 Å². The predicted molar refractivity (Wildman–Crippen MR) is 101 cm³/mol.